The van der Waals surface area contributed by atoms with Crippen molar-refractivity contribution in [2.45, 2.75) is 19.3 Å². The summed E-state index contributed by atoms with van der Waals surface area (Å²) in [4.78, 5) is 14.7. The number of anilines is 1. The Morgan fingerprint density at radius 3 is 1.74 bits per heavy atom. The summed E-state index contributed by atoms with van der Waals surface area (Å²) in [6.45, 7) is 0.301. The highest BCUT2D eigenvalue weighted by molar-refractivity contribution is 6.33. The van der Waals surface area contributed by atoms with E-state index in [9.17, 15) is 28.0 Å². The Bertz CT molecular complexity index is 1150. The van der Waals surface area contributed by atoms with Crippen LogP contribution in [0.3, 0.4) is 0 Å². The third-order valence-electron chi connectivity index (χ3n) is 5.27. The molecule has 3 aromatic rings. The number of nitrogens with zero attached hydrogens (tertiary/aromatic N) is 2. The van der Waals surface area contributed by atoms with Crippen LogP contribution in [0.4, 0.5) is 18.9 Å². The van der Waals surface area contributed by atoms with E-state index in [-0.39, 0.29) is 18.8 Å². The molecule has 1 aromatic heterocycles. The third kappa shape index (κ3) is 6.28. The predicted octanol–water partition coefficient (Wildman–Crippen LogP) is 2.98. The lowest BCUT2D eigenvalue weighted by atomic mass is 10.1. The fourth-order valence-electron chi connectivity index (χ4n) is 3.58. The average molecular weight is 492 g/mol. The number of benzene rings is 2. The maximum Gasteiger partial charge on any atom is 0.707 e. The Morgan fingerprint density at radius 1 is 0.914 bits per heavy atom. The van der Waals surface area contributed by atoms with E-state index >= 15 is 0 Å². The van der Waals surface area contributed by atoms with E-state index in [0.29, 0.717) is 16.1 Å². The fraction of sp³-hybridized carbons (Fsp3) is 0.261. The zero-order valence-corrected chi connectivity index (χ0v) is 19.2. The minimum absolute atomic E-state index is 0.122. The minimum atomic E-state index is -4.98. The molecule has 3 rings (SSSR count). The number of rotatable bonds is 9. The standard InChI is InChI=1S/C23H24BF3N2O6/c1-28-21(23(25,26)27)20(35-24(31)32)12-19(22(28)30)29(13-15-4-8-17(33-2)9-5-15)14-16-6-10-18(34-3)11-7-16/h4-12,31-32H,13-14H2,1-3H3. The van der Waals surface area contributed by atoms with Gasteiger partial charge in [0.1, 0.15) is 22.9 Å². The molecule has 0 amide bonds. The highest BCUT2D eigenvalue weighted by atomic mass is 19.4. The van der Waals surface area contributed by atoms with Gasteiger partial charge in [-0.2, -0.15) is 13.2 Å². The minimum Gasteiger partial charge on any atom is -0.510 e. The van der Waals surface area contributed by atoms with Crippen LogP contribution in [0, 0.1) is 0 Å². The van der Waals surface area contributed by atoms with Crippen molar-refractivity contribution in [3.05, 3.63) is 81.8 Å². The second kappa shape index (κ2) is 10.7. The molecule has 0 bridgehead atoms. The Kier molecular flexibility index (Phi) is 7.98. The highest BCUT2D eigenvalue weighted by Crippen LogP contribution is 2.37. The molecule has 0 unspecified atom stereocenters. The molecule has 0 saturated heterocycles. The molecule has 0 radical (unpaired) electrons. The van der Waals surface area contributed by atoms with Crippen LogP contribution in [0.15, 0.2) is 59.4 Å². The van der Waals surface area contributed by atoms with E-state index in [1.807, 2.05) is 0 Å². The first-order chi connectivity index (χ1) is 16.5. The van der Waals surface area contributed by atoms with Crippen LogP contribution in [0.1, 0.15) is 16.8 Å². The predicted molar refractivity (Wildman–Crippen MR) is 123 cm³/mol. The van der Waals surface area contributed by atoms with Crippen LogP contribution in [-0.4, -0.2) is 36.2 Å². The largest absolute Gasteiger partial charge is 0.707 e. The zero-order valence-electron chi connectivity index (χ0n) is 19.2. The van der Waals surface area contributed by atoms with Crippen molar-refractivity contribution in [2.75, 3.05) is 19.1 Å². The molecule has 2 N–H and O–H groups in total. The number of hydrogen-bond donors (Lipinski definition) is 2. The van der Waals surface area contributed by atoms with Crippen molar-refractivity contribution < 1.29 is 37.3 Å². The van der Waals surface area contributed by atoms with Crippen molar-refractivity contribution in [3.63, 3.8) is 0 Å². The maximum atomic E-state index is 13.7. The van der Waals surface area contributed by atoms with Gasteiger partial charge in [0.05, 0.1) is 14.2 Å². The molecule has 35 heavy (non-hydrogen) atoms. The van der Waals surface area contributed by atoms with Gasteiger partial charge in [-0.3, -0.25) is 4.79 Å². The van der Waals surface area contributed by atoms with Gasteiger partial charge in [-0.1, -0.05) is 24.3 Å². The van der Waals surface area contributed by atoms with Crippen molar-refractivity contribution >= 4 is 13.0 Å². The van der Waals surface area contributed by atoms with E-state index in [2.05, 4.69) is 4.65 Å². The molecule has 0 aliphatic carbocycles. The zero-order chi connectivity index (χ0) is 25.8. The Labute approximate surface area is 199 Å². The van der Waals surface area contributed by atoms with Gasteiger partial charge in [-0.05, 0) is 35.4 Å². The first-order valence-electron chi connectivity index (χ1n) is 10.4. The molecule has 0 aliphatic heterocycles. The summed E-state index contributed by atoms with van der Waals surface area (Å²) in [5.74, 6) is 0.348. The number of ether oxygens (including phenoxy) is 2. The molecule has 0 fully saturated rings. The fourth-order valence-corrected chi connectivity index (χ4v) is 3.58. The van der Waals surface area contributed by atoms with Crippen LogP contribution < -0.4 is 24.6 Å². The van der Waals surface area contributed by atoms with Crippen molar-refractivity contribution in [3.8, 4) is 17.2 Å². The number of alkyl halides is 3. The van der Waals surface area contributed by atoms with Crippen LogP contribution in [0.25, 0.3) is 0 Å². The summed E-state index contributed by atoms with van der Waals surface area (Å²) in [7, 11) is 1.48. The van der Waals surface area contributed by atoms with E-state index in [1.54, 1.807) is 53.4 Å². The second-order valence-corrected chi connectivity index (χ2v) is 7.60. The molecule has 0 spiro atoms. The summed E-state index contributed by atoms with van der Waals surface area (Å²) in [6.07, 6.45) is -4.98. The van der Waals surface area contributed by atoms with Crippen LogP contribution in [0.5, 0.6) is 17.2 Å². The Morgan fingerprint density at radius 2 is 1.37 bits per heavy atom. The molecule has 12 heteroatoms. The second-order valence-electron chi connectivity index (χ2n) is 7.60. The first-order valence-corrected chi connectivity index (χ1v) is 10.4. The molecule has 0 aliphatic rings. The number of hydrogen-bond acceptors (Lipinski definition) is 7. The first kappa shape index (κ1) is 26.0. The van der Waals surface area contributed by atoms with Gasteiger partial charge in [0.2, 0.25) is 0 Å². The van der Waals surface area contributed by atoms with Crippen LogP contribution in [0.2, 0.25) is 0 Å². The Balaban J connectivity index is 2.12. The summed E-state index contributed by atoms with van der Waals surface area (Å²) >= 11 is 0. The lowest BCUT2D eigenvalue weighted by Crippen LogP contribution is -2.35. The van der Waals surface area contributed by atoms with Gasteiger partial charge < -0.3 is 33.6 Å². The number of pyridine rings is 1. The molecule has 2 aromatic carbocycles. The van der Waals surface area contributed by atoms with E-state index < -0.39 is 30.5 Å². The quantitative estimate of drug-likeness (QED) is 0.444. The summed E-state index contributed by atoms with van der Waals surface area (Å²) in [6, 6.07) is 14.8. The van der Waals surface area contributed by atoms with Gasteiger partial charge >= 0.3 is 13.5 Å². The van der Waals surface area contributed by atoms with Crippen LogP contribution >= 0.6 is 0 Å². The van der Waals surface area contributed by atoms with Crippen molar-refractivity contribution in [1.82, 2.24) is 4.57 Å². The van der Waals surface area contributed by atoms with E-state index in [4.69, 9.17) is 9.47 Å². The topological polar surface area (TPSA) is 93.4 Å². The molecule has 1 heterocycles. The highest BCUT2D eigenvalue weighted by Gasteiger charge is 2.39. The van der Waals surface area contributed by atoms with Gasteiger partial charge in [0.15, 0.2) is 5.69 Å². The number of halogens is 3. The smallest absolute Gasteiger partial charge is 0.510 e. The van der Waals surface area contributed by atoms with E-state index in [0.717, 1.165) is 24.2 Å². The van der Waals surface area contributed by atoms with E-state index in [1.165, 1.54) is 14.2 Å². The lowest BCUT2D eigenvalue weighted by Gasteiger charge is -2.27. The van der Waals surface area contributed by atoms with Gasteiger partial charge in [-0.15, -0.1) is 0 Å². The monoisotopic (exact) mass is 492 g/mol. The SMILES string of the molecule is COc1ccc(CN(Cc2ccc(OC)cc2)c2cc(OB(O)O)c(C(F)(F)F)n(C)c2=O)cc1. The molecule has 0 saturated carbocycles. The van der Waals surface area contributed by atoms with Gasteiger partial charge in [-0.25, -0.2) is 0 Å². The molecule has 8 nitrogen and oxygen atoms in total. The average Bonchev–Trinajstić information content (AvgIpc) is 2.80. The molecular weight excluding hydrogens is 468 g/mol. The molecular formula is C23H24BF3N2O6. The molecule has 0 atom stereocenters. The number of methoxy groups -OCH3 is 2. The third-order valence-corrected chi connectivity index (χ3v) is 5.27. The maximum absolute atomic E-state index is 13.7. The van der Waals surface area contributed by atoms with Crippen molar-refractivity contribution in [1.29, 1.82) is 0 Å². The summed E-state index contributed by atoms with van der Waals surface area (Å²) in [5.41, 5.74) is -0.980. The summed E-state index contributed by atoms with van der Waals surface area (Å²) < 4.78 is 56.3. The van der Waals surface area contributed by atoms with Crippen LogP contribution in [-0.2, 0) is 26.3 Å². The normalized spacial score (nSPS) is 11.2. The lowest BCUT2D eigenvalue weighted by molar-refractivity contribution is -0.144. The molecule has 186 valence electrons. The Hall–Kier alpha value is -3.64. The van der Waals surface area contributed by atoms with Crippen molar-refractivity contribution in [2.24, 2.45) is 7.05 Å². The van der Waals surface area contributed by atoms with Gasteiger partial charge in [0, 0.05) is 26.2 Å². The summed E-state index contributed by atoms with van der Waals surface area (Å²) in [5, 5.41) is 18.4. The van der Waals surface area contributed by atoms with Gasteiger partial charge in [0.25, 0.3) is 5.56 Å². The number of aromatic nitrogens is 1.